The van der Waals surface area contributed by atoms with Crippen LogP contribution in [0.1, 0.15) is 58.7 Å². The summed E-state index contributed by atoms with van der Waals surface area (Å²) in [5.74, 6) is 1.40. The molecular formula is C19H21N3O3. The summed E-state index contributed by atoms with van der Waals surface area (Å²) < 4.78 is 11.3. The first-order valence-corrected chi connectivity index (χ1v) is 8.65. The molecule has 1 amide bonds. The number of fused-ring (bicyclic) bond motifs is 1. The van der Waals surface area contributed by atoms with E-state index in [-0.39, 0.29) is 11.9 Å². The van der Waals surface area contributed by atoms with Crippen molar-refractivity contribution in [3.05, 3.63) is 46.8 Å². The van der Waals surface area contributed by atoms with Crippen LogP contribution in [0, 0.1) is 20.8 Å². The van der Waals surface area contributed by atoms with Crippen molar-refractivity contribution >= 4 is 16.9 Å². The summed E-state index contributed by atoms with van der Waals surface area (Å²) in [6, 6.07) is 5.82. The summed E-state index contributed by atoms with van der Waals surface area (Å²) in [6.07, 6.45) is 2.83. The smallest absolute Gasteiger partial charge is 0.290 e. The second kappa shape index (κ2) is 6.02. The lowest BCUT2D eigenvalue weighted by atomic mass is 10.0. The van der Waals surface area contributed by atoms with Crippen LogP contribution in [0.5, 0.6) is 0 Å². The highest BCUT2D eigenvalue weighted by Gasteiger charge is 2.34. The van der Waals surface area contributed by atoms with Crippen LogP contribution < -0.4 is 0 Å². The molecule has 1 aliphatic rings. The maximum absolute atomic E-state index is 13.2. The number of rotatable bonds is 2. The lowest BCUT2D eigenvalue weighted by Gasteiger charge is -2.32. The van der Waals surface area contributed by atoms with Crippen molar-refractivity contribution in [2.75, 3.05) is 6.54 Å². The van der Waals surface area contributed by atoms with Gasteiger partial charge in [-0.15, -0.1) is 0 Å². The van der Waals surface area contributed by atoms with E-state index in [2.05, 4.69) is 10.1 Å². The Kier molecular flexibility index (Phi) is 3.82. The molecule has 0 N–H and O–H groups in total. The molecule has 3 heterocycles. The molecule has 1 saturated heterocycles. The van der Waals surface area contributed by atoms with Crippen LogP contribution in [0.3, 0.4) is 0 Å². The van der Waals surface area contributed by atoms with Gasteiger partial charge in [-0.3, -0.25) is 4.79 Å². The van der Waals surface area contributed by atoms with Gasteiger partial charge in [-0.25, -0.2) is 0 Å². The highest BCUT2D eigenvalue weighted by molar-refractivity contribution is 5.99. The molecule has 1 fully saturated rings. The SMILES string of the molecule is Cc1ccc2c(C)c(C(=O)N3CCCC[C@@H]3c3nc(C)no3)oc2c1. The fourth-order valence-corrected chi connectivity index (χ4v) is 3.55. The number of aromatic nitrogens is 2. The molecule has 4 rings (SSSR count). The Balaban J connectivity index is 1.72. The van der Waals surface area contributed by atoms with Gasteiger partial charge in [-0.2, -0.15) is 4.98 Å². The summed E-state index contributed by atoms with van der Waals surface area (Å²) in [4.78, 5) is 19.4. The third kappa shape index (κ3) is 2.71. The first kappa shape index (κ1) is 15.9. The molecule has 0 aliphatic carbocycles. The molecule has 0 radical (unpaired) electrons. The van der Waals surface area contributed by atoms with Crippen LogP contribution in [0.2, 0.25) is 0 Å². The van der Waals surface area contributed by atoms with E-state index in [1.165, 1.54) is 0 Å². The summed E-state index contributed by atoms with van der Waals surface area (Å²) in [6.45, 7) is 6.40. The van der Waals surface area contributed by atoms with E-state index in [4.69, 9.17) is 8.94 Å². The molecule has 0 unspecified atom stereocenters. The van der Waals surface area contributed by atoms with Crippen molar-refractivity contribution in [2.24, 2.45) is 0 Å². The minimum atomic E-state index is -0.184. The lowest BCUT2D eigenvalue weighted by Crippen LogP contribution is -2.38. The molecule has 6 nitrogen and oxygen atoms in total. The second-order valence-electron chi connectivity index (χ2n) is 6.75. The summed E-state index contributed by atoms with van der Waals surface area (Å²) in [7, 11) is 0. The minimum absolute atomic E-state index is 0.105. The van der Waals surface area contributed by atoms with Gasteiger partial charge in [0.15, 0.2) is 11.6 Å². The molecule has 6 heteroatoms. The predicted molar refractivity (Wildman–Crippen MR) is 92.4 cm³/mol. The van der Waals surface area contributed by atoms with Crippen molar-refractivity contribution in [1.82, 2.24) is 15.0 Å². The Labute approximate surface area is 145 Å². The van der Waals surface area contributed by atoms with E-state index in [1.54, 1.807) is 6.92 Å². The number of carbonyl (C=O) groups is 1. The number of aryl methyl sites for hydroxylation is 3. The predicted octanol–water partition coefficient (Wildman–Crippen LogP) is 4.11. The van der Waals surface area contributed by atoms with Gasteiger partial charge in [0.1, 0.15) is 11.6 Å². The van der Waals surface area contributed by atoms with Crippen LogP contribution in [0.4, 0.5) is 0 Å². The Hall–Kier alpha value is -2.63. The van der Waals surface area contributed by atoms with E-state index < -0.39 is 0 Å². The van der Waals surface area contributed by atoms with Crippen molar-refractivity contribution < 1.29 is 13.7 Å². The molecule has 1 atom stereocenters. The van der Waals surface area contributed by atoms with Gasteiger partial charge < -0.3 is 13.8 Å². The van der Waals surface area contributed by atoms with E-state index in [0.29, 0.717) is 24.0 Å². The highest BCUT2D eigenvalue weighted by Crippen LogP contribution is 2.34. The minimum Gasteiger partial charge on any atom is -0.451 e. The van der Waals surface area contributed by atoms with Gasteiger partial charge >= 0.3 is 0 Å². The van der Waals surface area contributed by atoms with E-state index in [0.717, 1.165) is 41.4 Å². The number of nitrogens with zero attached hydrogens (tertiary/aromatic N) is 3. The average molecular weight is 339 g/mol. The van der Waals surface area contributed by atoms with Gasteiger partial charge in [-0.1, -0.05) is 17.3 Å². The van der Waals surface area contributed by atoms with Crippen LogP contribution in [-0.2, 0) is 0 Å². The zero-order valence-corrected chi connectivity index (χ0v) is 14.7. The van der Waals surface area contributed by atoms with Crippen molar-refractivity contribution in [3.63, 3.8) is 0 Å². The monoisotopic (exact) mass is 339 g/mol. The van der Waals surface area contributed by atoms with Gasteiger partial charge in [0, 0.05) is 17.5 Å². The first-order chi connectivity index (χ1) is 12.0. The number of piperidine rings is 1. The Bertz CT molecular complexity index is 941. The van der Waals surface area contributed by atoms with Gasteiger partial charge in [0.2, 0.25) is 5.89 Å². The molecule has 2 aromatic heterocycles. The maximum atomic E-state index is 13.2. The third-order valence-electron chi connectivity index (χ3n) is 4.88. The quantitative estimate of drug-likeness (QED) is 0.702. The summed E-state index contributed by atoms with van der Waals surface area (Å²) >= 11 is 0. The number of likely N-dealkylation sites (tertiary alicyclic amines) is 1. The number of hydrogen-bond donors (Lipinski definition) is 0. The lowest BCUT2D eigenvalue weighted by molar-refractivity contribution is 0.0531. The van der Waals surface area contributed by atoms with Gasteiger partial charge in [0.05, 0.1) is 0 Å². The summed E-state index contributed by atoms with van der Waals surface area (Å²) in [5, 5.41) is 4.86. The summed E-state index contributed by atoms with van der Waals surface area (Å²) in [5.41, 5.74) is 2.74. The molecule has 130 valence electrons. The normalized spacial score (nSPS) is 18.0. The van der Waals surface area contributed by atoms with Gasteiger partial charge in [0.25, 0.3) is 5.91 Å². The molecule has 0 spiro atoms. The third-order valence-corrected chi connectivity index (χ3v) is 4.88. The van der Waals surface area contributed by atoms with Crippen LogP contribution >= 0.6 is 0 Å². The van der Waals surface area contributed by atoms with Crippen LogP contribution in [0.25, 0.3) is 11.0 Å². The zero-order valence-electron chi connectivity index (χ0n) is 14.7. The average Bonchev–Trinajstić information content (AvgIpc) is 3.18. The van der Waals surface area contributed by atoms with Gasteiger partial charge in [-0.05, 0) is 51.7 Å². The Morgan fingerprint density at radius 1 is 1.24 bits per heavy atom. The molecule has 3 aromatic rings. The Morgan fingerprint density at radius 3 is 2.84 bits per heavy atom. The molecule has 1 aliphatic heterocycles. The fraction of sp³-hybridized carbons (Fsp3) is 0.421. The maximum Gasteiger partial charge on any atom is 0.290 e. The van der Waals surface area contributed by atoms with Crippen LogP contribution in [0.15, 0.2) is 27.1 Å². The van der Waals surface area contributed by atoms with E-state index >= 15 is 0 Å². The largest absolute Gasteiger partial charge is 0.451 e. The number of hydrogen-bond acceptors (Lipinski definition) is 5. The van der Waals surface area contributed by atoms with Crippen molar-refractivity contribution in [1.29, 1.82) is 0 Å². The molecule has 25 heavy (non-hydrogen) atoms. The second-order valence-corrected chi connectivity index (χ2v) is 6.75. The van der Waals surface area contributed by atoms with E-state index in [1.807, 2.05) is 36.9 Å². The zero-order chi connectivity index (χ0) is 17.6. The highest BCUT2D eigenvalue weighted by atomic mass is 16.5. The standard InChI is InChI=1S/C19H21N3O3/c1-11-7-8-14-12(2)17(24-16(14)10-11)19(23)22-9-5-4-6-15(22)18-20-13(3)21-25-18/h7-8,10,15H,4-6,9H2,1-3H3/t15-/m1/s1. The fourth-order valence-electron chi connectivity index (χ4n) is 3.55. The number of amides is 1. The van der Waals surface area contributed by atoms with Crippen LogP contribution in [-0.4, -0.2) is 27.5 Å². The number of benzene rings is 1. The molecular weight excluding hydrogens is 318 g/mol. The topological polar surface area (TPSA) is 72.4 Å². The first-order valence-electron chi connectivity index (χ1n) is 8.65. The Morgan fingerprint density at radius 2 is 2.08 bits per heavy atom. The molecule has 0 saturated carbocycles. The number of furan rings is 1. The van der Waals surface area contributed by atoms with Crippen molar-refractivity contribution in [3.8, 4) is 0 Å². The van der Waals surface area contributed by atoms with E-state index in [9.17, 15) is 4.79 Å². The number of carbonyl (C=O) groups excluding carboxylic acids is 1. The molecule has 0 bridgehead atoms. The molecule has 1 aromatic carbocycles. The van der Waals surface area contributed by atoms with Crippen molar-refractivity contribution in [2.45, 2.75) is 46.1 Å².